The van der Waals surface area contributed by atoms with E-state index >= 15 is 0 Å². The van der Waals surface area contributed by atoms with Crippen molar-refractivity contribution in [3.63, 3.8) is 0 Å². The summed E-state index contributed by atoms with van der Waals surface area (Å²) in [5.41, 5.74) is 14.3. The molecule has 248 valence electrons. The number of rotatable bonds is 7. The summed E-state index contributed by atoms with van der Waals surface area (Å²) >= 11 is 12.9. The van der Waals surface area contributed by atoms with Gasteiger partial charge in [-0.05, 0) is 80.6 Å². The molecule has 1 aromatic heterocycles. The van der Waals surface area contributed by atoms with Crippen LogP contribution in [0, 0.1) is 17.1 Å². The highest BCUT2D eigenvalue weighted by molar-refractivity contribution is 6.36. The number of hydrazine groups is 2. The number of piperidine rings is 1. The fourth-order valence-electron chi connectivity index (χ4n) is 6.78. The molecule has 1 saturated heterocycles. The lowest BCUT2D eigenvalue weighted by molar-refractivity contribution is 0.0570. The van der Waals surface area contributed by atoms with E-state index in [-0.39, 0.29) is 16.6 Å². The van der Waals surface area contributed by atoms with Crippen molar-refractivity contribution in [3.05, 3.63) is 105 Å². The maximum Gasteiger partial charge on any atom is 0.141 e. The molecule has 48 heavy (non-hydrogen) atoms. The third-order valence-electron chi connectivity index (χ3n) is 9.46. The fraction of sp³-hybridized carbons (Fsp3) is 0.333. The van der Waals surface area contributed by atoms with E-state index in [2.05, 4.69) is 93.0 Å². The van der Waals surface area contributed by atoms with E-state index in [0.29, 0.717) is 38.9 Å². The first-order valence-electron chi connectivity index (χ1n) is 16.2. The predicted molar refractivity (Wildman–Crippen MR) is 190 cm³/mol. The van der Waals surface area contributed by atoms with E-state index in [1.807, 2.05) is 12.1 Å². The normalized spacial score (nSPS) is 17.5. The Labute approximate surface area is 290 Å². The van der Waals surface area contributed by atoms with Crippen molar-refractivity contribution in [3.8, 4) is 6.07 Å². The maximum absolute atomic E-state index is 13.9. The van der Waals surface area contributed by atoms with Crippen LogP contribution in [0.15, 0.2) is 66.6 Å². The van der Waals surface area contributed by atoms with Gasteiger partial charge in [-0.15, -0.1) is 5.53 Å². The molecular weight excluding hydrogens is 648 g/mol. The van der Waals surface area contributed by atoms with Gasteiger partial charge in [0.2, 0.25) is 0 Å². The van der Waals surface area contributed by atoms with Crippen molar-refractivity contribution in [1.29, 1.82) is 5.26 Å². The largest absolute Gasteiger partial charge is 0.373 e. The first kappa shape index (κ1) is 32.4. The number of fused-ring (bicyclic) bond motifs is 2. The minimum absolute atomic E-state index is 0.0237. The number of nitriles is 1. The summed E-state index contributed by atoms with van der Waals surface area (Å²) in [6, 6.07) is 17.1. The zero-order valence-corrected chi connectivity index (χ0v) is 28.6. The molecule has 0 amide bonds. The second kappa shape index (κ2) is 13.1. The minimum atomic E-state index is -0.525. The summed E-state index contributed by atoms with van der Waals surface area (Å²) in [6.07, 6.45) is 5.77. The third kappa shape index (κ3) is 6.49. The van der Waals surface area contributed by atoms with Gasteiger partial charge in [0.1, 0.15) is 11.9 Å². The molecule has 0 bridgehead atoms. The number of aromatic nitrogens is 1. The van der Waals surface area contributed by atoms with Gasteiger partial charge in [-0.25, -0.2) is 4.39 Å². The van der Waals surface area contributed by atoms with Crippen molar-refractivity contribution in [2.45, 2.75) is 64.3 Å². The van der Waals surface area contributed by atoms with Gasteiger partial charge >= 0.3 is 0 Å². The predicted octanol–water partition coefficient (Wildman–Crippen LogP) is 7.48. The Kier molecular flexibility index (Phi) is 8.83. The Morgan fingerprint density at radius 1 is 1.00 bits per heavy atom. The molecule has 4 heterocycles. The second-order valence-electron chi connectivity index (χ2n) is 13.6. The van der Waals surface area contributed by atoms with Crippen LogP contribution >= 0.6 is 23.2 Å². The summed E-state index contributed by atoms with van der Waals surface area (Å²) in [4.78, 5) is 7.05. The summed E-state index contributed by atoms with van der Waals surface area (Å²) < 4.78 is 13.9. The maximum atomic E-state index is 13.9. The van der Waals surface area contributed by atoms with Crippen molar-refractivity contribution >= 4 is 51.2 Å². The lowest BCUT2D eigenvalue weighted by Gasteiger charge is -2.42. The van der Waals surface area contributed by atoms with Crippen LogP contribution in [0.1, 0.15) is 61.9 Å². The molecule has 5 N–H and O–H groups in total. The Hall–Kier alpha value is -4.11. The van der Waals surface area contributed by atoms with Crippen molar-refractivity contribution in [2.75, 3.05) is 23.7 Å². The van der Waals surface area contributed by atoms with Crippen LogP contribution < -0.4 is 26.9 Å². The van der Waals surface area contributed by atoms with E-state index in [1.165, 1.54) is 29.5 Å². The van der Waals surface area contributed by atoms with Gasteiger partial charge in [0.25, 0.3) is 0 Å². The van der Waals surface area contributed by atoms with Gasteiger partial charge in [-0.2, -0.15) is 5.26 Å². The molecular formula is C36H38Cl2FN9. The average Bonchev–Trinajstić information content (AvgIpc) is 3.75. The van der Waals surface area contributed by atoms with E-state index in [1.54, 1.807) is 6.07 Å². The van der Waals surface area contributed by atoms with Gasteiger partial charge in [0.05, 0.1) is 38.6 Å². The molecule has 0 unspecified atom stereocenters. The van der Waals surface area contributed by atoms with Crippen molar-refractivity contribution < 1.29 is 4.39 Å². The summed E-state index contributed by atoms with van der Waals surface area (Å²) in [5, 5.41) is 23.7. The minimum Gasteiger partial charge on any atom is -0.373 e. The summed E-state index contributed by atoms with van der Waals surface area (Å²) in [7, 11) is 0. The van der Waals surface area contributed by atoms with Crippen molar-refractivity contribution in [1.82, 2.24) is 31.2 Å². The number of benzene rings is 3. The molecule has 1 atom stereocenters. The first-order valence-corrected chi connectivity index (χ1v) is 16.9. The molecule has 0 aliphatic carbocycles. The number of likely N-dealkylation sites (tertiary alicyclic amines) is 1. The standard InChI is InChI=1S/C36H38Cl2FN9/c1-36(2,3)47-10-8-27(9-11-47)48-20-32(45-46-48)34(21-4-5-22-17-41-18-23(22)12-21)44-26-13-28-33(43-25-6-7-31(39)29(37)14-25)24(16-40)19-42-35(28)30(38)15-26/h4-7,12-15,19-20,27,34,41,44-46H,8-11,17-18H2,1-3H3,(H,42,43)/t34-/m0/s1. The van der Waals surface area contributed by atoms with Gasteiger partial charge in [0, 0.05) is 66.9 Å². The van der Waals surface area contributed by atoms with Crippen LogP contribution in [0.2, 0.25) is 10.0 Å². The first-order chi connectivity index (χ1) is 23.1. The number of hydrogen-bond acceptors (Lipinski definition) is 9. The second-order valence-corrected chi connectivity index (χ2v) is 14.4. The molecule has 0 radical (unpaired) electrons. The average molecular weight is 687 g/mol. The topological polar surface area (TPSA) is 103 Å². The summed E-state index contributed by atoms with van der Waals surface area (Å²) in [6.45, 7) is 10.6. The molecule has 1 fully saturated rings. The number of nitrogens with zero attached hydrogens (tertiary/aromatic N) is 4. The molecule has 7 rings (SSSR count). The molecule has 0 spiro atoms. The third-order valence-corrected chi connectivity index (χ3v) is 10.0. The van der Waals surface area contributed by atoms with E-state index in [0.717, 1.165) is 56.0 Å². The fourth-order valence-corrected chi connectivity index (χ4v) is 7.23. The highest BCUT2D eigenvalue weighted by atomic mass is 35.5. The van der Waals surface area contributed by atoms with Crippen LogP contribution in [0.25, 0.3) is 10.9 Å². The zero-order chi connectivity index (χ0) is 33.6. The van der Waals surface area contributed by atoms with Gasteiger partial charge in [-0.3, -0.25) is 14.9 Å². The summed E-state index contributed by atoms with van der Waals surface area (Å²) in [5.74, 6) is -0.525. The molecule has 12 heteroatoms. The van der Waals surface area contributed by atoms with Gasteiger partial charge in [-0.1, -0.05) is 41.4 Å². The number of anilines is 3. The van der Waals surface area contributed by atoms with Crippen LogP contribution in [-0.2, 0) is 13.1 Å². The smallest absolute Gasteiger partial charge is 0.141 e. The van der Waals surface area contributed by atoms with E-state index in [9.17, 15) is 9.65 Å². The van der Waals surface area contributed by atoms with Gasteiger partial charge < -0.3 is 21.4 Å². The SMILES string of the molecule is CC(C)(C)N1CCC(N2C=C([C@@H](Nc3cc(Cl)c4ncc(C#N)c(Nc5ccc(F)c(Cl)c5)c4c3)c3ccc4c(c3)CNC4)NN2)CC1. The Morgan fingerprint density at radius 3 is 2.52 bits per heavy atom. The quantitative estimate of drug-likeness (QED) is 0.135. The Bertz CT molecular complexity index is 1940. The molecule has 3 aromatic carbocycles. The van der Waals surface area contributed by atoms with E-state index < -0.39 is 5.82 Å². The van der Waals surface area contributed by atoms with Crippen LogP contribution in [0.5, 0.6) is 0 Å². The number of pyridine rings is 1. The lowest BCUT2D eigenvalue weighted by atomic mass is 9.97. The Morgan fingerprint density at radius 2 is 1.77 bits per heavy atom. The van der Waals surface area contributed by atoms with Crippen molar-refractivity contribution in [2.24, 2.45) is 0 Å². The van der Waals surface area contributed by atoms with Gasteiger partial charge in [0.15, 0.2) is 0 Å². The highest BCUT2D eigenvalue weighted by Gasteiger charge is 2.32. The van der Waals surface area contributed by atoms with Crippen LogP contribution in [0.3, 0.4) is 0 Å². The Balaban J connectivity index is 1.24. The molecule has 0 saturated carbocycles. The lowest BCUT2D eigenvalue weighted by Crippen LogP contribution is -2.52. The number of hydrogen-bond donors (Lipinski definition) is 5. The van der Waals surface area contributed by atoms with E-state index in [4.69, 9.17) is 23.2 Å². The molecule has 9 nitrogen and oxygen atoms in total. The molecule has 3 aliphatic rings. The molecule has 4 aromatic rings. The molecule has 3 aliphatic heterocycles. The zero-order valence-electron chi connectivity index (χ0n) is 27.1. The van der Waals surface area contributed by atoms with Crippen LogP contribution in [0.4, 0.5) is 21.5 Å². The highest BCUT2D eigenvalue weighted by Crippen LogP contribution is 2.38. The number of halogens is 3. The number of nitrogens with one attached hydrogen (secondary N) is 5. The monoisotopic (exact) mass is 685 g/mol. The van der Waals surface area contributed by atoms with Crippen LogP contribution in [-0.4, -0.2) is 39.6 Å².